The highest BCUT2D eigenvalue weighted by molar-refractivity contribution is 4.77. The van der Waals surface area contributed by atoms with E-state index in [1.54, 1.807) is 5.32 Å². The van der Waals surface area contributed by atoms with Crippen LogP contribution < -0.4 is 10.6 Å². The van der Waals surface area contributed by atoms with E-state index in [9.17, 15) is 13.2 Å². The molecule has 0 aromatic rings. The Morgan fingerprint density at radius 1 is 1.40 bits per heavy atom. The molecule has 0 unspecified atom stereocenters. The van der Waals surface area contributed by atoms with Crippen molar-refractivity contribution in [2.45, 2.75) is 18.8 Å². The highest BCUT2D eigenvalue weighted by atomic mass is 19.4. The van der Waals surface area contributed by atoms with Crippen LogP contribution in [0.3, 0.4) is 0 Å². The fourth-order valence-electron chi connectivity index (χ4n) is 1.01. The first-order valence-corrected chi connectivity index (χ1v) is 3.13. The van der Waals surface area contributed by atoms with Crippen molar-refractivity contribution in [1.82, 2.24) is 10.6 Å². The van der Waals surface area contributed by atoms with Gasteiger partial charge in [-0.2, -0.15) is 13.2 Å². The Labute approximate surface area is 56.8 Å². The highest BCUT2D eigenvalue weighted by Crippen LogP contribution is 2.12. The van der Waals surface area contributed by atoms with Gasteiger partial charge in [-0.05, 0) is 13.0 Å². The van der Waals surface area contributed by atoms with Gasteiger partial charge in [0.15, 0.2) is 0 Å². The third-order valence-corrected chi connectivity index (χ3v) is 1.43. The lowest BCUT2D eigenvalue weighted by atomic mass is 10.3. The molecule has 0 aromatic heterocycles. The molecule has 1 heterocycles. The summed E-state index contributed by atoms with van der Waals surface area (Å²) in [6.45, 7) is 1.09. The van der Waals surface area contributed by atoms with Gasteiger partial charge in [-0.3, -0.25) is 0 Å². The number of halogens is 3. The number of hydrogen-bond donors (Lipinski definition) is 2. The van der Waals surface area contributed by atoms with Gasteiger partial charge in [-0.25, -0.2) is 5.32 Å². The average molecular weight is 154 g/mol. The Morgan fingerprint density at radius 3 is 2.50 bits per heavy atom. The first kappa shape index (κ1) is 7.81. The third-order valence-electron chi connectivity index (χ3n) is 1.43. The van der Waals surface area contributed by atoms with Crippen molar-refractivity contribution in [3.8, 4) is 0 Å². The van der Waals surface area contributed by atoms with Crippen molar-refractivity contribution in [2.24, 2.45) is 0 Å². The van der Waals surface area contributed by atoms with Crippen LogP contribution in [0.25, 0.3) is 0 Å². The van der Waals surface area contributed by atoms with E-state index in [0.717, 1.165) is 0 Å². The molecule has 1 rings (SSSR count). The number of rotatable bonds is 1. The molecule has 0 bridgehead atoms. The van der Waals surface area contributed by atoms with Crippen molar-refractivity contribution in [1.29, 1.82) is 0 Å². The Kier molecular flexibility index (Phi) is 2.15. The summed E-state index contributed by atoms with van der Waals surface area (Å²) >= 11 is 0. The van der Waals surface area contributed by atoms with Crippen molar-refractivity contribution < 1.29 is 13.2 Å². The quantitative estimate of drug-likeness (QED) is 0.536. The normalized spacial score (nSPS) is 27.3. The Hall–Kier alpha value is -0.290. The van der Waals surface area contributed by atoms with Crippen LogP contribution in [0, 0.1) is 0 Å². The van der Waals surface area contributed by atoms with Gasteiger partial charge < -0.3 is 5.32 Å². The summed E-state index contributed by atoms with van der Waals surface area (Å²) in [4.78, 5) is 0. The molecule has 2 nitrogen and oxygen atoms in total. The lowest BCUT2D eigenvalue weighted by Crippen LogP contribution is -2.41. The molecule has 0 saturated carbocycles. The summed E-state index contributed by atoms with van der Waals surface area (Å²) < 4.78 is 34.7. The van der Waals surface area contributed by atoms with Crippen LogP contribution in [0.1, 0.15) is 6.42 Å². The summed E-state index contributed by atoms with van der Waals surface area (Å²) in [5.74, 6) is 0. The highest BCUT2D eigenvalue weighted by Gasteiger charge is 2.31. The Balaban J connectivity index is 2.24. The van der Waals surface area contributed by atoms with Crippen molar-refractivity contribution >= 4 is 0 Å². The summed E-state index contributed by atoms with van der Waals surface area (Å²) in [7, 11) is 0. The minimum atomic E-state index is -4.23. The molecule has 5 heteroatoms. The third kappa shape index (κ3) is 2.53. The fourth-order valence-corrected chi connectivity index (χ4v) is 1.01. The molecule has 1 fully saturated rings. The number of hydrogen-bond acceptors (Lipinski definition) is 2. The molecule has 1 saturated heterocycles. The monoisotopic (exact) mass is 154 g/mol. The minimum Gasteiger partial charge on any atom is -0.315 e. The number of alkyl halides is 3. The molecule has 1 aliphatic rings. The topological polar surface area (TPSA) is 24.1 Å². The van der Waals surface area contributed by atoms with Crippen molar-refractivity contribution in [3.05, 3.63) is 0 Å². The van der Waals surface area contributed by atoms with E-state index >= 15 is 0 Å². The van der Waals surface area contributed by atoms with E-state index in [4.69, 9.17) is 0 Å². The second-order valence-corrected chi connectivity index (χ2v) is 2.33. The van der Waals surface area contributed by atoms with E-state index in [0.29, 0.717) is 19.5 Å². The zero-order valence-corrected chi connectivity index (χ0v) is 5.33. The molecule has 0 amide bonds. The lowest BCUT2D eigenvalue weighted by molar-refractivity contribution is -0.162. The summed E-state index contributed by atoms with van der Waals surface area (Å²) in [6.07, 6.45) is -3.67. The molecular weight excluding hydrogens is 145 g/mol. The largest absolute Gasteiger partial charge is 0.457 e. The van der Waals surface area contributed by atoms with E-state index in [1.807, 2.05) is 0 Å². The Bertz CT molecular complexity index is 106. The molecule has 0 aliphatic carbocycles. The van der Waals surface area contributed by atoms with Crippen molar-refractivity contribution in [2.75, 3.05) is 13.1 Å². The molecule has 10 heavy (non-hydrogen) atoms. The van der Waals surface area contributed by atoms with E-state index in [-0.39, 0.29) is 0 Å². The van der Waals surface area contributed by atoms with Crippen LogP contribution in [-0.4, -0.2) is 25.4 Å². The van der Waals surface area contributed by atoms with E-state index < -0.39 is 12.3 Å². The van der Waals surface area contributed by atoms with Crippen LogP contribution in [0.2, 0.25) is 0 Å². The van der Waals surface area contributed by atoms with Gasteiger partial charge in [-0.1, -0.05) is 0 Å². The van der Waals surface area contributed by atoms with Gasteiger partial charge in [0.1, 0.15) is 0 Å². The Morgan fingerprint density at radius 2 is 2.10 bits per heavy atom. The summed E-state index contributed by atoms with van der Waals surface area (Å²) in [6, 6.07) is -0.431. The first-order valence-electron chi connectivity index (χ1n) is 3.13. The van der Waals surface area contributed by atoms with Gasteiger partial charge in [0.25, 0.3) is 0 Å². The van der Waals surface area contributed by atoms with Crippen molar-refractivity contribution in [3.63, 3.8) is 0 Å². The lowest BCUT2D eigenvalue weighted by Gasteiger charge is -2.13. The standard InChI is InChI=1S/C5H9F3N2/c6-5(7,8)10-4-1-2-9-3-4/h4,9-10H,1-3H2/t4-/m0/s1. The van der Waals surface area contributed by atoms with Gasteiger partial charge in [-0.15, -0.1) is 0 Å². The second kappa shape index (κ2) is 2.75. The predicted octanol–water partition coefficient (Wildman–Crippen LogP) is 0.458. The van der Waals surface area contributed by atoms with E-state index in [2.05, 4.69) is 5.32 Å². The maximum atomic E-state index is 11.6. The summed E-state index contributed by atoms with van der Waals surface area (Å²) in [5, 5.41) is 4.39. The maximum absolute atomic E-state index is 11.6. The van der Waals surface area contributed by atoms with Gasteiger partial charge in [0, 0.05) is 12.6 Å². The van der Waals surface area contributed by atoms with Gasteiger partial charge in [0.2, 0.25) is 0 Å². The molecule has 0 radical (unpaired) electrons. The maximum Gasteiger partial charge on any atom is 0.457 e. The summed E-state index contributed by atoms with van der Waals surface area (Å²) in [5.41, 5.74) is 0. The molecule has 2 N–H and O–H groups in total. The van der Waals surface area contributed by atoms with E-state index in [1.165, 1.54) is 0 Å². The zero-order valence-electron chi connectivity index (χ0n) is 5.33. The molecular formula is C5H9F3N2. The van der Waals surface area contributed by atoms with Crippen LogP contribution in [0.15, 0.2) is 0 Å². The van der Waals surface area contributed by atoms with Crippen LogP contribution in [0.4, 0.5) is 13.2 Å². The smallest absolute Gasteiger partial charge is 0.315 e. The predicted molar refractivity (Wildman–Crippen MR) is 30.5 cm³/mol. The molecule has 60 valence electrons. The first-order chi connectivity index (χ1) is 4.58. The minimum absolute atomic E-state index is 0.416. The SMILES string of the molecule is FC(F)(F)N[C@H]1CCNC1. The molecule has 1 aliphatic heterocycles. The van der Waals surface area contributed by atoms with Crippen LogP contribution in [-0.2, 0) is 0 Å². The number of nitrogens with one attached hydrogen (secondary N) is 2. The zero-order chi connectivity index (χ0) is 7.61. The second-order valence-electron chi connectivity index (χ2n) is 2.33. The van der Waals surface area contributed by atoms with Crippen LogP contribution in [0.5, 0.6) is 0 Å². The fraction of sp³-hybridized carbons (Fsp3) is 1.00. The van der Waals surface area contributed by atoms with Crippen LogP contribution >= 0.6 is 0 Å². The molecule has 0 spiro atoms. The van der Waals surface area contributed by atoms with Gasteiger partial charge >= 0.3 is 6.30 Å². The molecule has 1 atom stereocenters. The van der Waals surface area contributed by atoms with Gasteiger partial charge in [0.05, 0.1) is 0 Å². The molecule has 0 aromatic carbocycles. The average Bonchev–Trinajstić information content (AvgIpc) is 2.12.